The molecule has 3 aliphatic carbocycles. The van der Waals surface area contributed by atoms with Gasteiger partial charge in [0.2, 0.25) is 0 Å². The summed E-state index contributed by atoms with van der Waals surface area (Å²) >= 11 is 0. The molecule has 4 rings (SSSR count). The number of carbonyl (C=O) groups excluding carboxylic acids is 3. The topological polar surface area (TPSA) is 51.2 Å². The van der Waals surface area contributed by atoms with Crippen LogP contribution < -0.4 is 0 Å². The van der Waals surface area contributed by atoms with Crippen LogP contribution in [0.5, 0.6) is 0 Å². The Morgan fingerprint density at radius 2 is 1.60 bits per heavy atom. The first kappa shape index (κ1) is 38.6. The molecule has 0 heterocycles. The molecule has 0 fully saturated rings. The molecular formula is C44H64O3. The molecule has 0 spiro atoms. The fraction of sp³-hybridized carbons (Fsp3) is 0.614. The van der Waals surface area contributed by atoms with Crippen LogP contribution in [0.2, 0.25) is 0 Å². The Bertz CT molecular complexity index is 1320. The number of rotatable bonds is 11. The zero-order chi connectivity index (χ0) is 34.2. The summed E-state index contributed by atoms with van der Waals surface area (Å²) in [6, 6.07) is 2.42. The van der Waals surface area contributed by atoms with Gasteiger partial charge in [-0.1, -0.05) is 96.3 Å². The number of hydrogen-bond acceptors (Lipinski definition) is 3. The number of hydrogen-bond donors (Lipinski definition) is 0. The predicted octanol–water partition coefficient (Wildman–Crippen LogP) is 12.3. The van der Waals surface area contributed by atoms with Crippen LogP contribution in [0.25, 0.3) is 11.1 Å². The molecule has 0 N–H and O–H groups in total. The lowest BCUT2D eigenvalue weighted by atomic mass is 9.70. The van der Waals surface area contributed by atoms with Crippen LogP contribution in [0.4, 0.5) is 0 Å². The quantitative estimate of drug-likeness (QED) is 0.226. The van der Waals surface area contributed by atoms with E-state index in [2.05, 4.69) is 77.1 Å². The normalized spacial score (nSPS) is 21.7. The summed E-state index contributed by atoms with van der Waals surface area (Å²) < 4.78 is 0. The van der Waals surface area contributed by atoms with Crippen LogP contribution in [-0.4, -0.2) is 17.3 Å². The van der Waals surface area contributed by atoms with Crippen molar-refractivity contribution in [2.24, 2.45) is 17.8 Å². The summed E-state index contributed by atoms with van der Waals surface area (Å²) in [6.45, 7) is 12.2. The third kappa shape index (κ3) is 11.4. The van der Waals surface area contributed by atoms with Gasteiger partial charge in [0, 0.05) is 17.9 Å². The molecule has 0 aromatic heterocycles. The monoisotopic (exact) mass is 640 g/mol. The van der Waals surface area contributed by atoms with Gasteiger partial charge in [-0.25, -0.2) is 0 Å². The van der Waals surface area contributed by atoms with Gasteiger partial charge >= 0.3 is 0 Å². The molecule has 0 aliphatic heterocycles. The first-order valence-corrected chi connectivity index (χ1v) is 19.2. The van der Waals surface area contributed by atoms with Crippen molar-refractivity contribution >= 4 is 28.5 Å². The lowest BCUT2D eigenvalue weighted by molar-refractivity contribution is -0.129. The van der Waals surface area contributed by atoms with Crippen molar-refractivity contribution in [2.45, 2.75) is 157 Å². The smallest absolute Gasteiger partial charge is 0.163 e. The average Bonchev–Trinajstić information content (AvgIpc) is 3.25. The largest absolute Gasteiger partial charge is 0.300 e. The number of allylic oxidation sites excluding steroid dienone is 8. The Morgan fingerprint density at radius 3 is 2.30 bits per heavy atom. The zero-order valence-electron chi connectivity index (χ0n) is 30.7. The van der Waals surface area contributed by atoms with Gasteiger partial charge in [-0.3, -0.25) is 14.4 Å². The van der Waals surface area contributed by atoms with Gasteiger partial charge in [-0.2, -0.15) is 0 Å². The van der Waals surface area contributed by atoms with E-state index >= 15 is 0 Å². The highest BCUT2D eigenvalue weighted by atomic mass is 16.1. The van der Waals surface area contributed by atoms with Crippen molar-refractivity contribution in [2.75, 3.05) is 0 Å². The van der Waals surface area contributed by atoms with E-state index in [1.54, 1.807) is 0 Å². The first-order chi connectivity index (χ1) is 22.7. The third-order valence-electron chi connectivity index (χ3n) is 10.2. The molecule has 0 bridgehead atoms. The van der Waals surface area contributed by atoms with Crippen molar-refractivity contribution < 1.29 is 14.4 Å². The second-order valence-electron chi connectivity index (χ2n) is 14.4. The van der Waals surface area contributed by atoms with Gasteiger partial charge in [0.1, 0.15) is 11.6 Å². The lowest BCUT2D eigenvalue weighted by Gasteiger charge is -2.33. The third-order valence-corrected chi connectivity index (χ3v) is 10.2. The molecule has 3 nitrogen and oxygen atoms in total. The van der Waals surface area contributed by atoms with Crippen LogP contribution in [0.3, 0.4) is 0 Å². The Kier molecular flexibility index (Phi) is 16.9. The van der Waals surface area contributed by atoms with Crippen molar-refractivity contribution in [3.63, 3.8) is 0 Å². The summed E-state index contributed by atoms with van der Waals surface area (Å²) in [5.74, 6) is 0.607. The van der Waals surface area contributed by atoms with Crippen LogP contribution in [0.1, 0.15) is 176 Å². The van der Waals surface area contributed by atoms with Gasteiger partial charge < -0.3 is 0 Å². The molecule has 3 heteroatoms. The van der Waals surface area contributed by atoms with Crippen molar-refractivity contribution in [1.82, 2.24) is 0 Å². The molecular weight excluding hydrogens is 576 g/mol. The molecule has 0 amide bonds. The molecule has 0 radical (unpaired) electrons. The minimum Gasteiger partial charge on any atom is -0.300 e. The van der Waals surface area contributed by atoms with E-state index < -0.39 is 0 Å². The van der Waals surface area contributed by atoms with E-state index in [0.29, 0.717) is 6.42 Å². The molecule has 1 aromatic rings. The fourth-order valence-electron chi connectivity index (χ4n) is 8.05. The van der Waals surface area contributed by atoms with E-state index in [1.165, 1.54) is 79.7 Å². The number of carbonyl (C=O) groups is 3. The predicted molar refractivity (Wildman–Crippen MR) is 201 cm³/mol. The van der Waals surface area contributed by atoms with Gasteiger partial charge in [0.15, 0.2) is 5.78 Å². The van der Waals surface area contributed by atoms with Crippen LogP contribution in [0, 0.1) is 24.7 Å². The second kappa shape index (κ2) is 20.5. The maximum atomic E-state index is 14.2. The Labute approximate surface area is 287 Å². The summed E-state index contributed by atoms with van der Waals surface area (Å²) in [5, 5.41) is 0. The SMILES string of the molecule is CCC.CCCC(CC1CC(=O)c2c(C)c(/C3=C/C=C\CCCCC3)cc(C3=CCCCCCC=C3)c2C1)C(CC)C(=O)CC(C)=O. The van der Waals surface area contributed by atoms with E-state index in [4.69, 9.17) is 0 Å². The lowest BCUT2D eigenvalue weighted by Crippen LogP contribution is -2.30. The molecule has 3 aliphatic rings. The summed E-state index contributed by atoms with van der Waals surface area (Å²) in [4.78, 5) is 39.2. The van der Waals surface area contributed by atoms with Gasteiger partial charge in [-0.15, -0.1) is 0 Å². The van der Waals surface area contributed by atoms with Gasteiger partial charge in [-0.05, 0) is 136 Å². The summed E-state index contributed by atoms with van der Waals surface area (Å²) in [5.41, 5.74) is 8.44. The minimum atomic E-state index is -0.109. The Morgan fingerprint density at radius 1 is 0.894 bits per heavy atom. The Hall–Kier alpha value is -2.81. The van der Waals surface area contributed by atoms with E-state index in [-0.39, 0.29) is 41.5 Å². The molecule has 3 unspecified atom stereocenters. The molecule has 0 saturated carbocycles. The van der Waals surface area contributed by atoms with Crippen LogP contribution in [0.15, 0.2) is 42.5 Å². The zero-order valence-corrected chi connectivity index (χ0v) is 30.7. The van der Waals surface area contributed by atoms with Gasteiger partial charge in [0.05, 0.1) is 6.42 Å². The second-order valence-corrected chi connectivity index (χ2v) is 14.4. The molecule has 3 atom stereocenters. The Balaban J connectivity index is 0.00000192. The van der Waals surface area contributed by atoms with Crippen molar-refractivity contribution in [3.05, 3.63) is 70.3 Å². The molecule has 47 heavy (non-hydrogen) atoms. The highest BCUT2D eigenvalue weighted by Crippen LogP contribution is 2.42. The maximum Gasteiger partial charge on any atom is 0.163 e. The van der Waals surface area contributed by atoms with Crippen LogP contribution in [-0.2, 0) is 16.0 Å². The summed E-state index contributed by atoms with van der Waals surface area (Å²) in [7, 11) is 0. The standard InChI is InChI=1S/C41H56O3.C3H8/c1-5-19-34(35(6-2)39(43)24-29(3)42)25-31-26-38-37(33-22-17-13-9-10-14-18-23-33)28-36(30(4)41(38)40(44)27-31)32-20-15-11-7-8-12-16-21-32;1-3-2/h11,15,17,20,22-23,28,31,34-35H,5-10,12-14,16,18-19,21,24-27H2,1-4H3;3H2,1-2H3/b15-11-,22-17?,32-20+,33-23?;. The van der Waals surface area contributed by atoms with E-state index in [9.17, 15) is 14.4 Å². The number of ketones is 3. The first-order valence-electron chi connectivity index (χ1n) is 19.2. The number of benzene rings is 1. The average molecular weight is 641 g/mol. The molecule has 0 saturated heterocycles. The highest BCUT2D eigenvalue weighted by Gasteiger charge is 2.35. The van der Waals surface area contributed by atoms with E-state index in [1.807, 2.05) is 0 Å². The van der Waals surface area contributed by atoms with Crippen LogP contribution >= 0.6 is 0 Å². The molecule has 1 aromatic carbocycles. The summed E-state index contributed by atoms with van der Waals surface area (Å²) in [6.07, 6.45) is 31.8. The number of fused-ring (bicyclic) bond motifs is 1. The fourth-order valence-corrected chi connectivity index (χ4v) is 8.05. The minimum absolute atomic E-state index is 0.0306. The highest BCUT2D eigenvalue weighted by molar-refractivity contribution is 6.03. The van der Waals surface area contributed by atoms with Gasteiger partial charge in [0.25, 0.3) is 0 Å². The van der Waals surface area contributed by atoms with E-state index in [0.717, 1.165) is 68.9 Å². The van der Waals surface area contributed by atoms with Crippen molar-refractivity contribution in [3.8, 4) is 0 Å². The van der Waals surface area contributed by atoms with Crippen molar-refractivity contribution in [1.29, 1.82) is 0 Å². The number of Topliss-reactive ketones (excluding diaryl/α,β-unsaturated/α-hetero) is 3. The maximum absolute atomic E-state index is 14.2. The molecule has 258 valence electrons.